The van der Waals surface area contributed by atoms with Crippen LogP contribution in [0.2, 0.25) is 0 Å². The number of nitrogens with one attached hydrogen (secondary N) is 1. The Morgan fingerprint density at radius 1 is 1.16 bits per heavy atom. The molecule has 0 aliphatic carbocycles. The lowest BCUT2D eigenvalue weighted by Gasteiger charge is -2.08. The number of hydrogen-bond donors (Lipinski definition) is 1. The third kappa shape index (κ3) is 6.54. The average Bonchev–Trinajstić information content (AvgIpc) is 3.00. The molecule has 0 saturated heterocycles. The molecule has 0 saturated carbocycles. The summed E-state index contributed by atoms with van der Waals surface area (Å²) < 4.78 is 20.4. The van der Waals surface area contributed by atoms with Crippen LogP contribution in [0.5, 0.6) is 11.5 Å². The number of amides is 1. The van der Waals surface area contributed by atoms with Gasteiger partial charge in [0.1, 0.15) is 17.3 Å². The smallest absolute Gasteiger partial charge is 0.309 e. The fourth-order valence-corrected chi connectivity index (χ4v) is 1.87. The molecule has 8 heteroatoms. The second-order valence-corrected chi connectivity index (χ2v) is 5.03. The van der Waals surface area contributed by atoms with Crippen molar-refractivity contribution in [2.24, 2.45) is 0 Å². The normalized spacial score (nSPS) is 10.2. The summed E-state index contributed by atoms with van der Waals surface area (Å²) >= 11 is 0. The molecule has 1 heterocycles. The second-order valence-electron chi connectivity index (χ2n) is 5.03. The van der Waals surface area contributed by atoms with Crippen LogP contribution in [0, 0.1) is 6.92 Å². The summed E-state index contributed by atoms with van der Waals surface area (Å²) in [5.41, 5.74) is 0. The Morgan fingerprint density at radius 3 is 2.44 bits per heavy atom. The van der Waals surface area contributed by atoms with E-state index in [1.807, 2.05) is 6.92 Å². The van der Waals surface area contributed by atoms with Gasteiger partial charge in [0.05, 0.1) is 19.6 Å². The summed E-state index contributed by atoms with van der Waals surface area (Å²) in [6, 6.07) is 8.64. The monoisotopic (exact) mass is 348 g/mol. The van der Waals surface area contributed by atoms with Crippen molar-refractivity contribution in [2.75, 3.05) is 25.1 Å². The number of nitrogens with zero attached hydrogens (tertiary/aromatic N) is 1. The van der Waals surface area contributed by atoms with Crippen LogP contribution in [0.25, 0.3) is 0 Å². The van der Waals surface area contributed by atoms with Gasteiger partial charge in [-0.3, -0.25) is 9.59 Å². The van der Waals surface area contributed by atoms with Gasteiger partial charge in [0.25, 0.3) is 5.91 Å². The highest BCUT2D eigenvalue weighted by Crippen LogP contribution is 2.17. The number of carbonyl (C=O) groups excluding carboxylic acids is 2. The zero-order valence-corrected chi connectivity index (χ0v) is 14.1. The lowest BCUT2D eigenvalue weighted by Crippen LogP contribution is -2.21. The number of carbonyl (C=O) groups is 2. The highest BCUT2D eigenvalue weighted by atomic mass is 16.5. The number of aromatic nitrogens is 1. The molecule has 0 unspecified atom stereocenters. The van der Waals surface area contributed by atoms with Gasteiger partial charge in [0.15, 0.2) is 12.4 Å². The predicted octanol–water partition coefficient (Wildman–Crippen LogP) is 2.33. The third-order valence-corrected chi connectivity index (χ3v) is 2.97. The van der Waals surface area contributed by atoms with E-state index in [0.29, 0.717) is 18.1 Å². The van der Waals surface area contributed by atoms with E-state index in [1.165, 1.54) is 0 Å². The van der Waals surface area contributed by atoms with Crippen LogP contribution >= 0.6 is 0 Å². The van der Waals surface area contributed by atoms with Gasteiger partial charge in [-0.2, -0.15) is 0 Å². The molecule has 2 rings (SSSR count). The van der Waals surface area contributed by atoms with Crippen molar-refractivity contribution in [1.29, 1.82) is 0 Å². The van der Waals surface area contributed by atoms with Crippen LogP contribution in [0.15, 0.2) is 34.9 Å². The molecular weight excluding hydrogens is 328 g/mol. The zero-order chi connectivity index (χ0) is 18.1. The predicted molar refractivity (Wildman–Crippen MR) is 88.6 cm³/mol. The van der Waals surface area contributed by atoms with Crippen molar-refractivity contribution in [3.63, 3.8) is 0 Å². The standard InChI is InChI=1S/C17H20N2O6/c1-3-22-13-4-6-14(7-5-13)23-9-8-17(21)24-11-16(20)18-15-10-12(2)25-19-15/h4-7,10H,3,8-9,11H2,1-2H3,(H,18,19,20). The summed E-state index contributed by atoms with van der Waals surface area (Å²) in [6.07, 6.45) is 0.0313. The lowest BCUT2D eigenvalue weighted by atomic mass is 10.3. The topological polar surface area (TPSA) is 99.9 Å². The molecule has 0 fully saturated rings. The minimum atomic E-state index is -0.530. The first-order valence-electron chi connectivity index (χ1n) is 7.81. The van der Waals surface area contributed by atoms with Gasteiger partial charge in [0.2, 0.25) is 0 Å². The Morgan fingerprint density at radius 2 is 1.84 bits per heavy atom. The summed E-state index contributed by atoms with van der Waals surface area (Å²) in [5.74, 6) is 1.19. The molecule has 2 aromatic rings. The Bertz CT molecular complexity index is 695. The SMILES string of the molecule is CCOc1ccc(OCCC(=O)OCC(=O)Nc2cc(C)on2)cc1. The Hall–Kier alpha value is -3.03. The van der Waals surface area contributed by atoms with E-state index >= 15 is 0 Å². The molecule has 1 aromatic carbocycles. The molecular formula is C17H20N2O6. The van der Waals surface area contributed by atoms with Crippen molar-refractivity contribution in [2.45, 2.75) is 20.3 Å². The summed E-state index contributed by atoms with van der Waals surface area (Å²) in [5, 5.41) is 6.06. The van der Waals surface area contributed by atoms with Gasteiger partial charge in [-0.15, -0.1) is 0 Å². The maximum Gasteiger partial charge on any atom is 0.309 e. The fraction of sp³-hybridized carbons (Fsp3) is 0.353. The van der Waals surface area contributed by atoms with Gasteiger partial charge in [-0.05, 0) is 38.1 Å². The largest absolute Gasteiger partial charge is 0.494 e. The van der Waals surface area contributed by atoms with Gasteiger partial charge in [-0.1, -0.05) is 5.16 Å². The molecule has 8 nitrogen and oxygen atoms in total. The number of aryl methyl sites for hydroxylation is 1. The van der Waals surface area contributed by atoms with Crippen LogP contribution in [-0.2, 0) is 14.3 Å². The molecule has 1 aromatic heterocycles. The molecule has 1 N–H and O–H groups in total. The van der Waals surface area contributed by atoms with Gasteiger partial charge < -0.3 is 24.1 Å². The maximum atomic E-state index is 11.6. The van der Waals surface area contributed by atoms with Crippen LogP contribution in [0.1, 0.15) is 19.1 Å². The molecule has 0 spiro atoms. The average molecular weight is 348 g/mol. The Labute approximate surface area is 145 Å². The van der Waals surface area contributed by atoms with Crippen LogP contribution < -0.4 is 14.8 Å². The van der Waals surface area contributed by atoms with Crippen molar-refractivity contribution < 1.29 is 28.3 Å². The number of esters is 1. The summed E-state index contributed by atoms with van der Waals surface area (Å²) in [4.78, 5) is 23.2. The first-order valence-corrected chi connectivity index (χ1v) is 7.81. The van der Waals surface area contributed by atoms with E-state index in [2.05, 4.69) is 10.5 Å². The summed E-state index contributed by atoms with van der Waals surface area (Å²) in [7, 11) is 0. The number of hydrogen-bond acceptors (Lipinski definition) is 7. The highest BCUT2D eigenvalue weighted by molar-refractivity contribution is 5.91. The van der Waals surface area contributed by atoms with E-state index in [0.717, 1.165) is 5.75 Å². The molecule has 25 heavy (non-hydrogen) atoms. The molecule has 134 valence electrons. The molecule has 0 aliphatic heterocycles. The third-order valence-electron chi connectivity index (χ3n) is 2.97. The number of anilines is 1. The highest BCUT2D eigenvalue weighted by Gasteiger charge is 2.10. The van der Waals surface area contributed by atoms with Crippen LogP contribution in [-0.4, -0.2) is 36.9 Å². The van der Waals surface area contributed by atoms with E-state index in [4.69, 9.17) is 18.7 Å². The summed E-state index contributed by atoms with van der Waals surface area (Å²) in [6.45, 7) is 3.96. The van der Waals surface area contributed by atoms with E-state index in [1.54, 1.807) is 37.3 Å². The quantitative estimate of drug-likeness (QED) is 0.694. The molecule has 1 amide bonds. The Balaban J connectivity index is 1.62. The second kappa shape index (κ2) is 9.31. The Kier molecular flexibility index (Phi) is 6.82. The van der Waals surface area contributed by atoms with Crippen molar-refractivity contribution >= 4 is 17.7 Å². The number of rotatable bonds is 9. The van der Waals surface area contributed by atoms with E-state index < -0.39 is 18.5 Å². The van der Waals surface area contributed by atoms with Crippen molar-refractivity contribution in [3.05, 3.63) is 36.1 Å². The van der Waals surface area contributed by atoms with E-state index in [9.17, 15) is 9.59 Å². The maximum absolute atomic E-state index is 11.6. The first-order chi connectivity index (χ1) is 12.1. The molecule has 0 aliphatic rings. The molecule has 0 radical (unpaired) electrons. The zero-order valence-electron chi connectivity index (χ0n) is 14.1. The fourth-order valence-electron chi connectivity index (χ4n) is 1.87. The van der Waals surface area contributed by atoms with Gasteiger partial charge in [0, 0.05) is 6.07 Å². The minimum Gasteiger partial charge on any atom is -0.494 e. The van der Waals surface area contributed by atoms with Crippen LogP contribution in [0.3, 0.4) is 0 Å². The van der Waals surface area contributed by atoms with Crippen molar-refractivity contribution in [1.82, 2.24) is 5.16 Å². The lowest BCUT2D eigenvalue weighted by molar-refractivity contribution is -0.147. The molecule has 0 atom stereocenters. The van der Waals surface area contributed by atoms with Gasteiger partial charge >= 0.3 is 5.97 Å². The minimum absolute atomic E-state index is 0.0313. The van der Waals surface area contributed by atoms with Gasteiger partial charge in [-0.25, -0.2) is 0 Å². The van der Waals surface area contributed by atoms with E-state index in [-0.39, 0.29) is 18.8 Å². The number of benzene rings is 1. The van der Waals surface area contributed by atoms with Crippen molar-refractivity contribution in [3.8, 4) is 11.5 Å². The molecule has 0 bridgehead atoms. The number of ether oxygens (including phenoxy) is 3. The first kappa shape index (κ1) is 18.3. The van der Waals surface area contributed by atoms with Crippen LogP contribution in [0.4, 0.5) is 5.82 Å².